The number of H-pyrrole nitrogens is 1. The van der Waals surface area contributed by atoms with Gasteiger partial charge >= 0.3 is 0 Å². The van der Waals surface area contributed by atoms with Crippen molar-refractivity contribution in [1.82, 2.24) is 4.98 Å². The number of benzene rings is 2. The lowest BCUT2D eigenvalue weighted by atomic mass is 9.63. The Bertz CT molecular complexity index is 1180. The summed E-state index contributed by atoms with van der Waals surface area (Å²) in [7, 11) is 0. The van der Waals surface area contributed by atoms with Crippen molar-refractivity contribution >= 4 is 28.4 Å². The maximum atomic E-state index is 13.9. The second-order valence-electron chi connectivity index (χ2n) is 10.2. The van der Waals surface area contributed by atoms with E-state index in [0.29, 0.717) is 11.6 Å². The molecule has 1 aromatic heterocycles. The molecule has 0 unspecified atom stereocenters. The highest BCUT2D eigenvalue weighted by Gasteiger charge is 2.57. The van der Waals surface area contributed by atoms with Crippen LogP contribution in [0.15, 0.2) is 54.6 Å². The fourth-order valence-electron chi connectivity index (χ4n) is 6.92. The lowest BCUT2D eigenvalue weighted by Crippen LogP contribution is -2.36. The third kappa shape index (κ3) is 3.34. The first-order chi connectivity index (χ1) is 16.3. The lowest BCUT2D eigenvalue weighted by Gasteiger charge is -2.38. The summed E-state index contributed by atoms with van der Waals surface area (Å²) in [5.74, 6) is -0.148. The van der Waals surface area contributed by atoms with Gasteiger partial charge in [-0.2, -0.15) is 0 Å². The molecular formula is C29H32N2O2. The molecule has 2 fully saturated rings. The molecular weight excluding hydrogens is 408 g/mol. The van der Waals surface area contributed by atoms with Gasteiger partial charge in [0.2, 0.25) is 11.8 Å². The lowest BCUT2D eigenvalue weighted by molar-refractivity contribution is -0.123. The summed E-state index contributed by atoms with van der Waals surface area (Å²) in [5, 5.41) is 1.24. The summed E-state index contributed by atoms with van der Waals surface area (Å²) in [5.41, 5.74) is 4.13. The van der Waals surface area contributed by atoms with E-state index in [-0.39, 0.29) is 23.7 Å². The van der Waals surface area contributed by atoms with E-state index in [1.165, 1.54) is 54.4 Å². The predicted octanol–water partition coefficient (Wildman–Crippen LogP) is 6.68. The van der Waals surface area contributed by atoms with E-state index in [4.69, 9.17) is 0 Å². The van der Waals surface area contributed by atoms with Crippen LogP contribution in [0.5, 0.6) is 0 Å². The Labute approximate surface area is 195 Å². The van der Waals surface area contributed by atoms with Crippen LogP contribution in [-0.2, 0) is 9.59 Å². The first-order valence-electron chi connectivity index (χ1n) is 12.8. The molecule has 4 heteroatoms. The van der Waals surface area contributed by atoms with Crippen LogP contribution in [0.3, 0.4) is 0 Å². The smallest absolute Gasteiger partial charge is 0.243 e. The molecule has 2 amide bonds. The highest BCUT2D eigenvalue weighted by molar-refractivity contribution is 6.24. The summed E-state index contributed by atoms with van der Waals surface area (Å²) in [4.78, 5) is 32.9. The molecule has 3 aromatic rings. The summed E-state index contributed by atoms with van der Waals surface area (Å²) in [6.45, 7) is 0. The fraction of sp³-hybridized carbons (Fsp3) is 0.448. The van der Waals surface area contributed by atoms with E-state index < -0.39 is 5.92 Å². The molecule has 0 radical (unpaired) electrons. The molecule has 2 heterocycles. The van der Waals surface area contributed by atoms with Crippen LogP contribution in [0.1, 0.15) is 80.9 Å². The van der Waals surface area contributed by atoms with Crippen molar-refractivity contribution in [3.05, 3.63) is 65.9 Å². The second kappa shape index (κ2) is 8.48. The van der Waals surface area contributed by atoms with E-state index in [1.807, 2.05) is 30.3 Å². The van der Waals surface area contributed by atoms with Crippen LogP contribution >= 0.6 is 0 Å². The zero-order valence-corrected chi connectivity index (χ0v) is 19.1. The molecule has 6 rings (SSSR count). The number of fused-ring (bicyclic) bond motifs is 8. The summed E-state index contributed by atoms with van der Waals surface area (Å²) in [6, 6.07) is 18.0. The number of carbonyl (C=O) groups is 2. The van der Waals surface area contributed by atoms with E-state index in [1.54, 1.807) is 0 Å². The van der Waals surface area contributed by atoms with Crippen molar-refractivity contribution < 1.29 is 9.59 Å². The molecule has 1 saturated heterocycles. The molecule has 33 heavy (non-hydrogen) atoms. The number of nitrogens with zero attached hydrogens (tertiary/aromatic N) is 1. The molecule has 1 aliphatic heterocycles. The second-order valence-corrected chi connectivity index (χ2v) is 10.2. The van der Waals surface area contributed by atoms with E-state index >= 15 is 0 Å². The normalized spacial score (nSPS) is 28.2. The number of imide groups is 1. The molecule has 4 atom stereocenters. The average molecular weight is 441 g/mol. The number of hydrogen-bond donors (Lipinski definition) is 1. The number of amides is 2. The molecule has 2 aromatic carbocycles. The number of nitrogens with one attached hydrogen (secondary N) is 1. The van der Waals surface area contributed by atoms with Crippen LogP contribution in [0.2, 0.25) is 0 Å². The van der Waals surface area contributed by atoms with Gasteiger partial charge in [0.05, 0.1) is 17.5 Å². The van der Waals surface area contributed by atoms with Gasteiger partial charge in [0.25, 0.3) is 0 Å². The predicted molar refractivity (Wildman–Crippen MR) is 131 cm³/mol. The van der Waals surface area contributed by atoms with Crippen LogP contribution in [0.4, 0.5) is 5.69 Å². The van der Waals surface area contributed by atoms with Crippen molar-refractivity contribution in [3.63, 3.8) is 0 Å². The van der Waals surface area contributed by atoms with Gasteiger partial charge < -0.3 is 4.98 Å². The molecule has 1 N–H and O–H groups in total. The topological polar surface area (TPSA) is 53.2 Å². The first-order valence-corrected chi connectivity index (χ1v) is 12.8. The average Bonchev–Trinajstić information content (AvgIpc) is 3.32. The Balaban J connectivity index is 1.52. The Hall–Kier alpha value is -2.88. The van der Waals surface area contributed by atoms with Gasteiger partial charge in [-0.05, 0) is 48.4 Å². The third-order valence-electron chi connectivity index (χ3n) is 8.35. The van der Waals surface area contributed by atoms with Crippen molar-refractivity contribution in [1.29, 1.82) is 0 Å². The number of carbonyl (C=O) groups excluding carboxylic acids is 2. The van der Waals surface area contributed by atoms with Crippen LogP contribution in [0, 0.1) is 11.8 Å². The Morgan fingerprint density at radius 2 is 1.39 bits per heavy atom. The molecule has 0 bridgehead atoms. The summed E-state index contributed by atoms with van der Waals surface area (Å²) >= 11 is 0. The fourth-order valence-corrected chi connectivity index (χ4v) is 6.92. The molecule has 2 aliphatic carbocycles. The maximum Gasteiger partial charge on any atom is 0.243 e. The van der Waals surface area contributed by atoms with Crippen molar-refractivity contribution in [2.24, 2.45) is 11.8 Å². The van der Waals surface area contributed by atoms with Gasteiger partial charge in [-0.15, -0.1) is 0 Å². The Morgan fingerprint density at radius 3 is 2.18 bits per heavy atom. The third-order valence-corrected chi connectivity index (χ3v) is 8.35. The van der Waals surface area contributed by atoms with E-state index in [2.05, 4.69) is 29.2 Å². The zero-order chi connectivity index (χ0) is 22.4. The zero-order valence-electron chi connectivity index (χ0n) is 19.1. The van der Waals surface area contributed by atoms with E-state index in [9.17, 15) is 9.59 Å². The van der Waals surface area contributed by atoms with E-state index in [0.717, 1.165) is 30.5 Å². The first kappa shape index (κ1) is 20.7. The van der Waals surface area contributed by atoms with Crippen LogP contribution < -0.4 is 4.90 Å². The number of para-hydroxylation sites is 2. The standard InChI is InChI=1S/C29H32N2O2/c32-28-25-21-16-10-5-3-1-2-4-9-15-20(21)24-22-17-11-12-18-23(22)30-27(24)26(25)29(33)31(28)19-13-7-6-8-14-19/h6-8,11-14,17-18,20-21,25-26,30H,1-5,9-10,15-16H2/t20-,21+,25+,26+/m0/s1. The molecule has 4 nitrogen and oxygen atoms in total. The largest absolute Gasteiger partial charge is 0.357 e. The minimum atomic E-state index is -0.397. The maximum absolute atomic E-state index is 13.9. The number of hydrogen-bond acceptors (Lipinski definition) is 2. The molecule has 1 saturated carbocycles. The van der Waals surface area contributed by atoms with Crippen LogP contribution in [-0.4, -0.2) is 16.8 Å². The van der Waals surface area contributed by atoms with Crippen molar-refractivity contribution in [3.8, 4) is 0 Å². The summed E-state index contributed by atoms with van der Waals surface area (Å²) < 4.78 is 0. The number of rotatable bonds is 1. The van der Waals surface area contributed by atoms with Gasteiger partial charge in [-0.3, -0.25) is 9.59 Å². The number of aromatic nitrogens is 1. The highest BCUT2D eigenvalue weighted by Crippen LogP contribution is 2.56. The minimum absolute atomic E-state index is 0.00498. The van der Waals surface area contributed by atoms with Gasteiger partial charge in [-0.1, -0.05) is 81.3 Å². The van der Waals surface area contributed by atoms with Crippen molar-refractivity contribution in [2.45, 2.75) is 69.6 Å². The van der Waals surface area contributed by atoms with Gasteiger partial charge in [0.15, 0.2) is 0 Å². The van der Waals surface area contributed by atoms with Crippen LogP contribution in [0.25, 0.3) is 10.9 Å². The quantitative estimate of drug-likeness (QED) is 0.429. The molecule has 0 spiro atoms. The number of anilines is 1. The highest BCUT2D eigenvalue weighted by atomic mass is 16.2. The Morgan fingerprint density at radius 1 is 0.727 bits per heavy atom. The minimum Gasteiger partial charge on any atom is -0.357 e. The van der Waals surface area contributed by atoms with Gasteiger partial charge in [-0.25, -0.2) is 4.90 Å². The van der Waals surface area contributed by atoms with Crippen molar-refractivity contribution in [2.75, 3.05) is 4.90 Å². The Kier molecular flexibility index (Phi) is 5.32. The monoisotopic (exact) mass is 440 g/mol. The number of aromatic amines is 1. The van der Waals surface area contributed by atoms with Gasteiger partial charge in [0, 0.05) is 16.6 Å². The SMILES string of the molecule is O=C1[C@@H]2[C@@H]3CCCCCCCCC[C@@H]3c3c([nH]c4ccccc34)[C@@H]2C(=O)N1c1ccccc1. The molecule has 170 valence electrons. The molecule has 3 aliphatic rings. The van der Waals surface area contributed by atoms with Gasteiger partial charge in [0.1, 0.15) is 0 Å². The summed E-state index contributed by atoms with van der Waals surface area (Å²) in [6.07, 6.45) is 10.9.